The van der Waals surface area contributed by atoms with Crippen LogP contribution in [-0.2, 0) is 6.61 Å². The van der Waals surface area contributed by atoms with Crippen molar-refractivity contribution in [2.24, 2.45) is 0 Å². The highest BCUT2D eigenvalue weighted by atomic mass is 16.3. The fourth-order valence-corrected chi connectivity index (χ4v) is 0.910. The smallest absolute Gasteiger partial charge is 0.283 e. The third kappa shape index (κ3) is 3.25. The lowest BCUT2D eigenvalue weighted by Crippen LogP contribution is -1.96. The van der Waals surface area contributed by atoms with Gasteiger partial charge in [0.15, 0.2) is 6.29 Å². The second-order valence-electron chi connectivity index (χ2n) is 2.51. The van der Waals surface area contributed by atoms with Crippen molar-refractivity contribution in [3.05, 3.63) is 23.0 Å². The number of carbonyl (C=O) groups is 1. The zero-order valence-corrected chi connectivity index (χ0v) is 8.01. The summed E-state index contributed by atoms with van der Waals surface area (Å²) in [7, 11) is 0. The number of carbonyl (C=O) groups excluding carboxylic acids is 1. The summed E-state index contributed by atoms with van der Waals surface area (Å²) in [4.78, 5) is 14.2. The van der Waals surface area contributed by atoms with E-state index in [0.717, 1.165) is 6.26 Å². The monoisotopic (exact) mass is 210 g/mol. The zero-order chi connectivity index (χ0) is 11.8. The quantitative estimate of drug-likeness (QED) is 0.475. The lowest BCUT2D eigenvalue weighted by Gasteiger charge is -2.04. The highest BCUT2D eigenvalue weighted by Crippen LogP contribution is 2.21. The van der Waals surface area contributed by atoms with Gasteiger partial charge in [-0.1, -0.05) is 0 Å². The predicted octanol–water partition coefficient (Wildman–Crippen LogP) is 0.240. The Hall–Kier alpha value is -2.13. The second-order valence-corrected chi connectivity index (χ2v) is 2.51. The Bertz CT molecular complexity index is 384. The van der Waals surface area contributed by atoms with Gasteiger partial charge in [-0.25, -0.2) is 0 Å². The van der Waals surface area contributed by atoms with Gasteiger partial charge in [-0.05, 0) is 6.92 Å². The molecule has 1 aromatic rings. The molecule has 80 valence electrons. The number of pyridine rings is 1. The maximum Gasteiger partial charge on any atom is 0.283 e. The molecule has 0 atom stereocenters. The molecule has 1 aromatic heterocycles. The van der Waals surface area contributed by atoms with Crippen molar-refractivity contribution in [3.63, 3.8) is 0 Å². The van der Waals surface area contributed by atoms with Crippen LogP contribution in [-0.4, -0.2) is 26.6 Å². The van der Waals surface area contributed by atoms with Crippen molar-refractivity contribution in [1.29, 1.82) is 5.26 Å². The molecular formula is C9H10N2O4. The molecule has 0 aliphatic heterocycles. The molecule has 0 fully saturated rings. The van der Waals surface area contributed by atoms with Crippen LogP contribution in [0.2, 0.25) is 0 Å². The number of aryl methyl sites for hydroxylation is 1. The largest absolute Gasteiger partial charge is 0.505 e. The SMILES string of the molecule is Cc1ncc(CO)c(C=O)c1O.N#CO. The number of hydrogen-bond donors (Lipinski definition) is 3. The van der Waals surface area contributed by atoms with Gasteiger partial charge in [0.2, 0.25) is 0 Å². The van der Waals surface area contributed by atoms with Crippen LogP contribution >= 0.6 is 0 Å². The summed E-state index contributed by atoms with van der Waals surface area (Å²) in [5.74, 6) is -0.156. The van der Waals surface area contributed by atoms with Crippen LogP contribution in [0, 0.1) is 18.4 Å². The zero-order valence-electron chi connectivity index (χ0n) is 8.01. The molecule has 0 aliphatic carbocycles. The maximum absolute atomic E-state index is 10.5. The van der Waals surface area contributed by atoms with Gasteiger partial charge in [-0.3, -0.25) is 9.78 Å². The van der Waals surface area contributed by atoms with Crippen molar-refractivity contribution < 1.29 is 20.1 Å². The van der Waals surface area contributed by atoms with E-state index < -0.39 is 0 Å². The first kappa shape index (κ1) is 12.9. The second kappa shape index (κ2) is 6.34. The molecule has 0 saturated carbocycles. The molecule has 0 bridgehead atoms. The van der Waals surface area contributed by atoms with Gasteiger partial charge in [0.05, 0.1) is 17.9 Å². The Morgan fingerprint density at radius 3 is 2.60 bits per heavy atom. The van der Waals surface area contributed by atoms with Crippen molar-refractivity contribution in [2.45, 2.75) is 13.5 Å². The van der Waals surface area contributed by atoms with E-state index in [1.807, 2.05) is 0 Å². The van der Waals surface area contributed by atoms with Gasteiger partial charge in [-0.15, -0.1) is 0 Å². The van der Waals surface area contributed by atoms with Gasteiger partial charge in [0.1, 0.15) is 5.75 Å². The number of aliphatic hydroxyl groups is 2. The number of nitriles is 1. The van der Waals surface area contributed by atoms with Crippen molar-refractivity contribution in [3.8, 4) is 12.0 Å². The van der Waals surface area contributed by atoms with E-state index in [9.17, 15) is 9.90 Å². The van der Waals surface area contributed by atoms with E-state index in [1.54, 1.807) is 6.92 Å². The molecule has 0 amide bonds. The average molecular weight is 210 g/mol. The number of aromatic hydroxyl groups is 1. The Morgan fingerprint density at radius 1 is 1.67 bits per heavy atom. The third-order valence-corrected chi connectivity index (χ3v) is 1.65. The molecule has 1 heterocycles. The number of aldehydes is 1. The molecule has 0 saturated heterocycles. The van der Waals surface area contributed by atoms with Crippen molar-refractivity contribution in [1.82, 2.24) is 4.98 Å². The fourth-order valence-electron chi connectivity index (χ4n) is 0.910. The number of aromatic nitrogens is 1. The molecule has 0 radical (unpaired) electrons. The standard InChI is InChI=1S/C8H9NO3.CHNO/c1-5-8(12)7(4-11)6(3-10)2-9-5;2-1-3/h2,4,10,12H,3H2,1H3;3H. The van der Waals surface area contributed by atoms with Crippen LogP contribution in [0.25, 0.3) is 0 Å². The van der Waals surface area contributed by atoms with Crippen molar-refractivity contribution in [2.75, 3.05) is 0 Å². The molecule has 0 spiro atoms. The first-order chi connectivity index (χ1) is 7.12. The summed E-state index contributed by atoms with van der Waals surface area (Å²) in [5, 5.41) is 31.8. The number of aliphatic hydroxyl groups excluding tert-OH is 2. The molecule has 6 nitrogen and oxygen atoms in total. The van der Waals surface area contributed by atoms with Crippen molar-refractivity contribution >= 4 is 6.29 Å². The summed E-state index contributed by atoms with van der Waals surface area (Å²) >= 11 is 0. The Labute approximate surface area is 86.1 Å². The average Bonchev–Trinajstić information content (AvgIpc) is 2.23. The van der Waals surface area contributed by atoms with Crippen LogP contribution in [0.5, 0.6) is 5.75 Å². The summed E-state index contributed by atoms with van der Waals surface area (Å²) < 4.78 is 0. The Balaban J connectivity index is 0.000000583. The highest BCUT2D eigenvalue weighted by molar-refractivity contribution is 5.81. The van der Waals surface area contributed by atoms with E-state index in [-0.39, 0.29) is 17.9 Å². The topological polar surface area (TPSA) is 114 Å². The fraction of sp³-hybridized carbons (Fsp3) is 0.222. The van der Waals surface area contributed by atoms with Gasteiger partial charge < -0.3 is 15.3 Å². The summed E-state index contributed by atoms with van der Waals surface area (Å²) in [5.41, 5.74) is 0.840. The molecule has 3 N–H and O–H groups in total. The van der Waals surface area contributed by atoms with Crippen LogP contribution in [0.3, 0.4) is 0 Å². The van der Waals surface area contributed by atoms with E-state index >= 15 is 0 Å². The van der Waals surface area contributed by atoms with Crippen LogP contribution in [0.4, 0.5) is 0 Å². The Kier molecular flexibility index (Phi) is 5.44. The summed E-state index contributed by atoms with van der Waals surface area (Å²) in [6, 6.07) is 0. The molecule has 15 heavy (non-hydrogen) atoms. The van der Waals surface area contributed by atoms with E-state index in [0.29, 0.717) is 17.5 Å². The van der Waals surface area contributed by atoms with Gasteiger partial charge in [-0.2, -0.15) is 5.26 Å². The van der Waals surface area contributed by atoms with Crippen LogP contribution < -0.4 is 0 Å². The predicted molar refractivity (Wildman–Crippen MR) is 49.5 cm³/mol. The first-order valence-corrected chi connectivity index (χ1v) is 3.89. The number of rotatable bonds is 2. The summed E-state index contributed by atoms with van der Waals surface area (Å²) in [6.45, 7) is 1.29. The maximum atomic E-state index is 10.5. The number of hydrogen-bond acceptors (Lipinski definition) is 6. The number of nitrogens with zero attached hydrogens (tertiary/aromatic N) is 2. The van der Waals surface area contributed by atoms with Crippen LogP contribution in [0.1, 0.15) is 21.6 Å². The minimum absolute atomic E-state index is 0.116. The molecule has 0 aliphatic rings. The van der Waals surface area contributed by atoms with E-state index in [4.69, 9.17) is 15.5 Å². The minimum Gasteiger partial charge on any atom is -0.505 e. The Morgan fingerprint density at radius 2 is 2.20 bits per heavy atom. The van der Waals surface area contributed by atoms with Gasteiger partial charge >= 0.3 is 0 Å². The van der Waals surface area contributed by atoms with Gasteiger partial charge in [0.25, 0.3) is 6.26 Å². The molecule has 0 aromatic carbocycles. The molecule has 6 heteroatoms. The summed E-state index contributed by atoms with van der Waals surface area (Å²) in [6.07, 6.45) is 2.63. The molecular weight excluding hydrogens is 200 g/mol. The molecule has 0 unspecified atom stereocenters. The highest BCUT2D eigenvalue weighted by Gasteiger charge is 2.09. The third-order valence-electron chi connectivity index (χ3n) is 1.65. The minimum atomic E-state index is -0.297. The van der Waals surface area contributed by atoms with Gasteiger partial charge in [0, 0.05) is 11.8 Å². The normalized spacial score (nSPS) is 8.33. The lowest BCUT2D eigenvalue weighted by atomic mass is 10.1. The van der Waals surface area contributed by atoms with Crippen LogP contribution in [0.15, 0.2) is 6.20 Å². The van der Waals surface area contributed by atoms with E-state index in [1.165, 1.54) is 6.20 Å². The van der Waals surface area contributed by atoms with E-state index in [2.05, 4.69) is 4.98 Å². The molecule has 1 rings (SSSR count). The lowest BCUT2D eigenvalue weighted by molar-refractivity contribution is 0.111. The first-order valence-electron chi connectivity index (χ1n) is 3.89.